The molecular formula is C8H17NO2S. The Morgan fingerprint density at radius 1 is 1.58 bits per heavy atom. The van der Waals surface area contributed by atoms with Crippen molar-refractivity contribution in [3.8, 4) is 0 Å². The lowest BCUT2D eigenvalue weighted by Gasteiger charge is -2.14. The molecule has 0 aromatic heterocycles. The highest BCUT2D eigenvalue weighted by Gasteiger charge is 2.04. The quantitative estimate of drug-likeness (QED) is 0.586. The number of hydrogen-bond donors (Lipinski definition) is 0. The van der Waals surface area contributed by atoms with Crippen molar-refractivity contribution >= 4 is 17.5 Å². The Labute approximate surface area is 78.5 Å². The summed E-state index contributed by atoms with van der Waals surface area (Å²) in [4.78, 5) is 13.1. The number of ether oxygens (including phenoxy) is 1. The van der Waals surface area contributed by atoms with Gasteiger partial charge in [-0.1, -0.05) is 0 Å². The smallest absolute Gasteiger partial charge is 0.172 e. The number of nitrogens with zero attached hydrogens (tertiary/aromatic N) is 1. The van der Waals surface area contributed by atoms with E-state index in [-0.39, 0.29) is 12.4 Å². The van der Waals surface area contributed by atoms with Crippen molar-refractivity contribution in [2.45, 2.75) is 0 Å². The van der Waals surface area contributed by atoms with Crippen molar-refractivity contribution < 1.29 is 9.53 Å². The molecule has 0 saturated heterocycles. The van der Waals surface area contributed by atoms with Crippen LogP contribution in [-0.2, 0) is 9.53 Å². The molecule has 0 bridgehead atoms. The first-order chi connectivity index (χ1) is 5.70. The predicted octanol–water partition coefficient (Wildman–Crippen LogP) is 0.497. The lowest BCUT2D eigenvalue weighted by Crippen LogP contribution is -2.29. The fraction of sp³-hybridized carbons (Fsp3) is 0.875. The van der Waals surface area contributed by atoms with E-state index in [1.165, 1.54) is 0 Å². The molecule has 0 aliphatic rings. The first-order valence-corrected chi connectivity index (χ1v) is 5.28. The molecule has 0 fully saturated rings. The first-order valence-electron chi connectivity index (χ1n) is 3.88. The van der Waals surface area contributed by atoms with Crippen molar-refractivity contribution in [3.05, 3.63) is 0 Å². The molecule has 0 unspecified atom stereocenters. The van der Waals surface area contributed by atoms with E-state index in [0.29, 0.717) is 6.54 Å². The Bertz CT molecular complexity index is 130. The fourth-order valence-corrected chi connectivity index (χ4v) is 1.33. The van der Waals surface area contributed by atoms with Crippen LogP contribution in [0.25, 0.3) is 0 Å². The number of carbonyl (C=O) groups excluding carboxylic acids is 1. The molecule has 4 heteroatoms. The lowest BCUT2D eigenvalue weighted by atomic mass is 10.4. The van der Waals surface area contributed by atoms with Gasteiger partial charge in [-0.3, -0.25) is 9.69 Å². The van der Waals surface area contributed by atoms with Crippen molar-refractivity contribution in [1.82, 2.24) is 4.90 Å². The maximum Gasteiger partial charge on any atom is 0.172 e. The number of ketones is 1. The van der Waals surface area contributed by atoms with Gasteiger partial charge in [0.1, 0.15) is 6.61 Å². The summed E-state index contributed by atoms with van der Waals surface area (Å²) >= 11 is 1.79. The third-order valence-corrected chi connectivity index (χ3v) is 2.02. The van der Waals surface area contributed by atoms with Crippen LogP contribution in [0.15, 0.2) is 0 Å². The fourth-order valence-electron chi connectivity index (χ4n) is 0.834. The van der Waals surface area contributed by atoms with Crippen molar-refractivity contribution in [3.63, 3.8) is 0 Å². The SMILES string of the molecule is COCC(=O)CN(C)CCSC. The zero-order chi connectivity index (χ0) is 9.40. The highest BCUT2D eigenvalue weighted by Crippen LogP contribution is 1.93. The number of methoxy groups -OCH3 is 1. The maximum atomic E-state index is 11.0. The Balaban J connectivity index is 3.40. The molecule has 0 heterocycles. The zero-order valence-electron chi connectivity index (χ0n) is 8.00. The molecule has 3 nitrogen and oxygen atoms in total. The van der Waals surface area contributed by atoms with E-state index >= 15 is 0 Å². The minimum Gasteiger partial charge on any atom is -0.377 e. The molecule has 0 aromatic carbocycles. The van der Waals surface area contributed by atoms with Gasteiger partial charge in [0, 0.05) is 19.4 Å². The molecule has 0 spiro atoms. The number of Topliss-reactive ketones (excluding diaryl/α,β-unsaturated/α-hetero) is 1. The predicted molar refractivity (Wildman–Crippen MR) is 52.8 cm³/mol. The summed E-state index contributed by atoms with van der Waals surface area (Å²) in [6.07, 6.45) is 2.06. The molecule has 0 aliphatic carbocycles. The number of thioether (sulfide) groups is 1. The Hall–Kier alpha value is -0.0600. The molecule has 0 aliphatic heterocycles. The van der Waals surface area contributed by atoms with Gasteiger partial charge in [0.15, 0.2) is 5.78 Å². The maximum absolute atomic E-state index is 11.0. The second-order valence-corrected chi connectivity index (χ2v) is 3.69. The van der Waals surface area contributed by atoms with E-state index in [9.17, 15) is 4.79 Å². The van der Waals surface area contributed by atoms with Gasteiger partial charge in [0.25, 0.3) is 0 Å². The highest BCUT2D eigenvalue weighted by molar-refractivity contribution is 7.98. The van der Waals surface area contributed by atoms with E-state index < -0.39 is 0 Å². The highest BCUT2D eigenvalue weighted by atomic mass is 32.2. The monoisotopic (exact) mass is 191 g/mol. The molecule has 0 radical (unpaired) electrons. The largest absolute Gasteiger partial charge is 0.377 e. The summed E-state index contributed by atoms with van der Waals surface area (Å²) < 4.78 is 4.73. The molecule has 12 heavy (non-hydrogen) atoms. The van der Waals surface area contributed by atoms with Crippen molar-refractivity contribution in [2.75, 3.05) is 45.9 Å². The Morgan fingerprint density at radius 2 is 2.25 bits per heavy atom. The second kappa shape index (κ2) is 7.58. The van der Waals surface area contributed by atoms with Gasteiger partial charge in [0.2, 0.25) is 0 Å². The lowest BCUT2D eigenvalue weighted by molar-refractivity contribution is -0.123. The van der Waals surface area contributed by atoms with Crippen LogP contribution < -0.4 is 0 Å². The van der Waals surface area contributed by atoms with Gasteiger partial charge in [-0.15, -0.1) is 0 Å². The van der Waals surface area contributed by atoms with E-state index in [0.717, 1.165) is 12.3 Å². The van der Waals surface area contributed by atoms with Crippen LogP contribution in [0.2, 0.25) is 0 Å². The van der Waals surface area contributed by atoms with Crippen LogP contribution in [0.5, 0.6) is 0 Å². The van der Waals surface area contributed by atoms with Gasteiger partial charge >= 0.3 is 0 Å². The standard InChI is InChI=1S/C8H17NO2S/c1-9(4-5-12-3)6-8(10)7-11-2/h4-7H2,1-3H3. The van der Waals surface area contributed by atoms with Crippen LogP contribution >= 0.6 is 11.8 Å². The third-order valence-electron chi connectivity index (χ3n) is 1.43. The molecule has 0 N–H and O–H groups in total. The Kier molecular flexibility index (Phi) is 7.54. The second-order valence-electron chi connectivity index (χ2n) is 2.70. The number of carbonyl (C=O) groups is 1. The van der Waals surface area contributed by atoms with Gasteiger partial charge in [-0.25, -0.2) is 0 Å². The van der Waals surface area contributed by atoms with E-state index in [4.69, 9.17) is 4.74 Å². The molecule has 0 saturated carbocycles. The van der Waals surface area contributed by atoms with Crippen molar-refractivity contribution in [2.24, 2.45) is 0 Å². The van der Waals surface area contributed by atoms with Crippen LogP contribution in [-0.4, -0.2) is 56.5 Å². The van der Waals surface area contributed by atoms with Gasteiger partial charge in [0.05, 0.1) is 6.54 Å². The molecule has 0 rings (SSSR count). The minimum atomic E-state index is 0.140. The Morgan fingerprint density at radius 3 is 2.75 bits per heavy atom. The average molecular weight is 191 g/mol. The normalized spacial score (nSPS) is 10.7. The molecule has 72 valence electrons. The first kappa shape index (κ1) is 11.9. The van der Waals surface area contributed by atoms with Gasteiger partial charge in [-0.2, -0.15) is 11.8 Å². The van der Waals surface area contributed by atoms with Crippen LogP contribution in [0.4, 0.5) is 0 Å². The average Bonchev–Trinajstić information content (AvgIpc) is 2.01. The van der Waals surface area contributed by atoms with Gasteiger partial charge < -0.3 is 4.74 Å². The summed E-state index contributed by atoms with van der Waals surface area (Å²) in [5.41, 5.74) is 0. The van der Waals surface area contributed by atoms with E-state index in [1.54, 1.807) is 18.9 Å². The van der Waals surface area contributed by atoms with Crippen molar-refractivity contribution in [1.29, 1.82) is 0 Å². The molecule has 0 atom stereocenters. The third kappa shape index (κ3) is 6.64. The minimum absolute atomic E-state index is 0.140. The summed E-state index contributed by atoms with van der Waals surface area (Å²) in [5, 5.41) is 0. The summed E-state index contributed by atoms with van der Waals surface area (Å²) in [6.45, 7) is 1.68. The number of hydrogen-bond acceptors (Lipinski definition) is 4. The number of likely N-dealkylation sites (N-methyl/N-ethyl adjacent to an activating group) is 1. The zero-order valence-corrected chi connectivity index (χ0v) is 8.82. The summed E-state index contributed by atoms with van der Waals surface area (Å²) in [5.74, 6) is 1.21. The van der Waals surface area contributed by atoms with E-state index in [1.807, 2.05) is 11.9 Å². The summed E-state index contributed by atoms with van der Waals surface area (Å²) in [7, 11) is 3.49. The number of rotatable bonds is 7. The summed E-state index contributed by atoms with van der Waals surface area (Å²) in [6, 6.07) is 0. The van der Waals surface area contributed by atoms with Crippen LogP contribution in [0, 0.1) is 0 Å². The topological polar surface area (TPSA) is 29.5 Å². The van der Waals surface area contributed by atoms with E-state index in [2.05, 4.69) is 6.26 Å². The van der Waals surface area contributed by atoms with Crippen LogP contribution in [0.3, 0.4) is 0 Å². The molecular weight excluding hydrogens is 174 g/mol. The molecule has 0 amide bonds. The van der Waals surface area contributed by atoms with Crippen LogP contribution in [0.1, 0.15) is 0 Å². The van der Waals surface area contributed by atoms with Gasteiger partial charge in [-0.05, 0) is 13.3 Å². The molecule has 0 aromatic rings.